The number of halogens is 4. The molecular formula is C14H10Br2Cl2O. The molecule has 0 atom stereocenters. The molecule has 0 heterocycles. The molecule has 0 aromatic heterocycles. The number of hydrogen-bond donors (Lipinski definition) is 0. The summed E-state index contributed by atoms with van der Waals surface area (Å²) in [7, 11) is 0. The molecular weight excluding hydrogens is 415 g/mol. The smallest absolute Gasteiger partial charge is 0.147 e. The van der Waals surface area contributed by atoms with Crippen LogP contribution in [0.1, 0.15) is 11.1 Å². The van der Waals surface area contributed by atoms with Crippen LogP contribution in [0.5, 0.6) is 11.5 Å². The van der Waals surface area contributed by atoms with Crippen molar-refractivity contribution >= 4 is 55.1 Å². The van der Waals surface area contributed by atoms with Gasteiger partial charge in [-0.2, -0.15) is 0 Å². The van der Waals surface area contributed by atoms with Crippen molar-refractivity contribution in [1.29, 1.82) is 0 Å². The van der Waals surface area contributed by atoms with Gasteiger partial charge < -0.3 is 4.74 Å². The first kappa shape index (κ1) is 15.2. The monoisotopic (exact) mass is 422 g/mol. The van der Waals surface area contributed by atoms with Crippen molar-refractivity contribution < 1.29 is 4.74 Å². The second kappa shape index (κ2) is 6.49. The van der Waals surface area contributed by atoms with Crippen molar-refractivity contribution in [2.45, 2.75) is 12.3 Å². The van der Waals surface area contributed by atoms with Gasteiger partial charge in [0.05, 0.1) is 10.0 Å². The van der Waals surface area contributed by atoms with E-state index in [0.29, 0.717) is 15.8 Å². The zero-order chi connectivity index (χ0) is 14.0. The van der Waals surface area contributed by atoms with E-state index in [1.54, 1.807) is 12.1 Å². The average Bonchev–Trinajstić information content (AvgIpc) is 2.38. The molecule has 0 N–H and O–H groups in total. The molecule has 0 saturated carbocycles. The molecule has 1 nitrogen and oxygen atoms in total. The summed E-state index contributed by atoms with van der Waals surface area (Å²) in [6.45, 7) is 2.00. The van der Waals surface area contributed by atoms with E-state index in [4.69, 9.17) is 27.9 Å². The van der Waals surface area contributed by atoms with E-state index < -0.39 is 0 Å². The predicted molar refractivity (Wildman–Crippen MR) is 88.0 cm³/mol. The van der Waals surface area contributed by atoms with Gasteiger partial charge in [0.15, 0.2) is 0 Å². The Bertz CT molecular complexity index is 615. The molecule has 0 unspecified atom stereocenters. The molecule has 0 radical (unpaired) electrons. The number of hydrogen-bond acceptors (Lipinski definition) is 1. The Morgan fingerprint density at radius 3 is 2.42 bits per heavy atom. The number of benzene rings is 2. The number of rotatable bonds is 3. The lowest BCUT2D eigenvalue weighted by Crippen LogP contribution is -1.90. The van der Waals surface area contributed by atoms with Crippen LogP contribution in [0.4, 0.5) is 0 Å². The summed E-state index contributed by atoms with van der Waals surface area (Å²) in [6.07, 6.45) is 0. The minimum atomic E-state index is 0.514. The van der Waals surface area contributed by atoms with Crippen molar-refractivity contribution in [3.63, 3.8) is 0 Å². The molecule has 2 rings (SSSR count). The minimum absolute atomic E-state index is 0.514. The van der Waals surface area contributed by atoms with Gasteiger partial charge in [-0.1, -0.05) is 51.3 Å². The molecule has 2 aromatic carbocycles. The van der Waals surface area contributed by atoms with Crippen LogP contribution in [0, 0.1) is 6.92 Å². The Balaban J connectivity index is 2.33. The molecule has 100 valence electrons. The van der Waals surface area contributed by atoms with Gasteiger partial charge in [-0.15, -0.1) is 0 Å². The molecule has 0 aliphatic carbocycles. The maximum absolute atomic E-state index is 6.14. The van der Waals surface area contributed by atoms with Crippen LogP contribution in [0.15, 0.2) is 34.8 Å². The third kappa shape index (κ3) is 3.66. The first-order valence-electron chi connectivity index (χ1n) is 5.49. The van der Waals surface area contributed by atoms with E-state index in [0.717, 1.165) is 21.1 Å². The molecule has 0 bridgehead atoms. The van der Waals surface area contributed by atoms with Gasteiger partial charge >= 0.3 is 0 Å². The lowest BCUT2D eigenvalue weighted by Gasteiger charge is -2.12. The Kier molecular flexibility index (Phi) is 5.18. The lowest BCUT2D eigenvalue weighted by atomic mass is 10.1. The largest absolute Gasteiger partial charge is 0.455 e. The quantitative estimate of drug-likeness (QED) is 0.391. The van der Waals surface area contributed by atoms with Crippen molar-refractivity contribution in [3.05, 3.63) is 56.0 Å². The molecule has 0 fully saturated rings. The molecule has 0 aliphatic heterocycles. The fraction of sp³-hybridized carbons (Fsp3) is 0.143. The van der Waals surface area contributed by atoms with Crippen LogP contribution in [-0.2, 0) is 5.33 Å². The van der Waals surface area contributed by atoms with E-state index in [-0.39, 0.29) is 0 Å². The van der Waals surface area contributed by atoms with Crippen molar-refractivity contribution in [2.24, 2.45) is 0 Å². The summed E-state index contributed by atoms with van der Waals surface area (Å²) in [5.41, 5.74) is 2.25. The second-order valence-electron chi connectivity index (χ2n) is 4.03. The van der Waals surface area contributed by atoms with Crippen LogP contribution < -0.4 is 4.74 Å². The van der Waals surface area contributed by atoms with Gasteiger partial charge in [0.1, 0.15) is 11.5 Å². The first-order chi connectivity index (χ1) is 9.01. The SMILES string of the molecule is Cc1cc(CBr)ccc1Oc1cc(Cl)c(Br)cc1Cl. The first-order valence-corrected chi connectivity index (χ1v) is 8.16. The van der Waals surface area contributed by atoms with Gasteiger partial charge in [0.2, 0.25) is 0 Å². The molecule has 0 spiro atoms. The third-order valence-corrected chi connectivity index (χ3v) is 4.73. The third-order valence-electron chi connectivity index (χ3n) is 2.59. The minimum Gasteiger partial charge on any atom is -0.455 e. The van der Waals surface area contributed by atoms with Crippen molar-refractivity contribution in [3.8, 4) is 11.5 Å². The highest BCUT2D eigenvalue weighted by atomic mass is 79.9. The molecule has 0 aliphatic rings. The van der Waals surface area contributed by atoms with Crippen LogP contribution in [0.2, 0.25) is 10.0 Å². The number of ether oxygens (including phenoxy) is 1. The maximum atomic E-state index is 6.14. The zero-order valence-corrected chi connectivity index (χ0v) is 14.7. The van der Waals surface area contributed by atoms with Crippen LogP contribution in [0.3, 0.4) is 0 Å². The lowest BCUT2D eigenvalue weighted by molar-refractivity contribution is 0.479. The van der Waals surface area contributed by atoms with Gasteiger partial charge in [-0.05, 0) is 46.1 Å². The Morgan fingerprint density at radius 2 is 1.79 bits per heavy atom. The van der Waals surface area contributed by atoms with Gasteiger partial charge in [0, 0.05) is 15.9 Å². The topological polar surface area (TPSA) is 9.23 Å². The van der Waals surface area contributed by atoms with Crippen LogP contribution in [-0.4, -0.2) is 0 Å². The Hall–Kier alpha value is -0.220. The van der Waals surface area contributed by atoms with E-state index in [1.165, 1.54) is 5.56 Å². The average molecular weight is 425 g/mol. The molecule has 2 aromatic rings. The molecule has 0 amide bonds. The summed E-state index contributed by atoms with van der Waals surface area (Å²) in [6, 6.07) is 9.43. The zero-order valence-electron chi connectivity index (χ0n) is 10.0. The van der Waals surface area contributed by atoms with Crippen molar-refractivity contribution in [2.75, 3.05) is 0 Å². The number of aryl methyl sites for hydroxylation is 1. The Morgan fingerprint density at radius 1 is 1.05 bits per heavy atom. The normalized spacial score (nSPS) is 10.6. The summed E-state index contributed by atoms with van der Waals surface area (Å²) >= 11 is 18.9. The highest BCUT2D eigenvalue weighted by Crippen LogP contribution is 2.37. The fourth-order valence-electron chi connectivity index (χ4n) is 1.61. The van der Waals surface area contributed by atoms with Gasteiger partial charge in [0.25, 0.3) is 0 Å². The van der Waals surface area contributed by atoms with E-state index in [1.807, 2.05) is 19.1 Å². The predicted octanol–water partition coefficient (Wildman–Crippen LogP) is 6.75. The summed E-state index contributed by atoms with van der Waals surface area (Å²) in [5.74, 6) is 1.31. The standard InChI is InChI=1S/C14H10Br2Cl2O/c1-8-4-9(7-15)2-3-13(8)19-14-6-11(17)10(16)5-12(14)18/h2-6H,7H2,1H3. The van der Waals surface area contributed by atoms with Gasteiger partial charge in [-0.25, -0.2) is 0 Å². The Labute approximate surface area is 139 Å². The van der Waals surface area contributed by atoms with Gasteiger partial charge in [-0.3, -0.25) is 0 Å². The highest BCUT2D eigenvalue weighted by molar-refractivity contribution is 9.10. The maximum Gasteiger partial charge on any atom is 0.147 e. The molecule has 19 heavy (non-hydrogen) atoms. The van der Waals surface area contributed by atoms with Crippen molar-refractivity contribution in [1.82, 2.24) is 0 Å². The van der Waals surface area contributed by atoms with E-state index in [2.05, 4.69) is 37.9 Å². The van der Waals surface area contributed by atoms with Crippen LogP contribution in [0.25, 0.3) is 0 Å². The van der Waals surface area contributed by atoms with E-state index >= 15 is 0 Å². The van der Waals surface area contributed by atoms with E-state index in [9.17, 15) is 0 Å². The number of alkyl halides is 1. The summed E-state index contributed by atoms with van der Waals surface area (Å²) in [4.78, 5) is 0. The second-order valence-corrected chi connectivity index (χ2v) is 6.26. The summed E-state index contributed by atoms with van der Waals surface area (Å²) in [5, 5.41) is 1.90. The fourth-order valence-corrected chi connectivity index (χ4v) is 2.79. The van der Waals surface area contributed by atoms with Crippen LogP contribution >= 0.6 is 55.1 Å². The molecule has 0 saturated heterocycles. The summed E-state index contributed by atoms with van der Waals surface area (Å²) < 4.78 is 6.57. The molecule has 5 heteroatoms. The highest BCUT2D eigenvalue weighted by Gasteiger charge is 2.09.